The van der Waals surface area contributed by atoms with Crippen molar-refractivity contribution in [2.24, 2.45) is 5.10 Å². The highest BCUT2D eigenvalue weighted by Gasteiger charge is 2.02. The topological polar surface area (TPSA) is 57.5 Å². The fraction of sp³-hybridized carbons (Fsp3) is 0. The molecular formula is C16H14BrN3OS. The second-order valence-corrected chi connectivity index (χ2v) is 5.19. The van der Waals surface area contributed by atoms with Gasteiger partial charge in [-0.05, 0) is 12.1 Å². The van der Waals surface area contributed by atoms with Gasteiger partial charge in [-0.25, -0.2) is 4.98 Å². The lowest BCUT2D eigenvalue weighted by Crippen LogP contribution is -1.90. The summed E-state index contributed by atoms with van der Waals surface area (Å²) in [6.45, 7) is 0. The molecule has 0 spiro atoms. The molecule has 2 aromatic carbocycles. The van der Waals surface area contributed by atoms with Crippen LogP contribution in [0.15, 0.2) is 65.1 Å². The van der Waals surface area contributed by atoms with Crippen molar-refractivity contribution in [3.8, 4) is 17.0 Å². The van der Waals surface area contributed by atoms with Crippen LogP contribution in [-0.2, 0) is 0 Å². The predicted octanol–water partition coefficient (Wildman–Crippen LogP) is 4.54. The SMILES string of the molecule is Br.Oc1ccccc1C=NNc1nc(-c2ccccc2)cs1. The van der Waals surface area contributed by atoms with Crippen LogP contribution in [0, 0.1) is 0 Å². The number of phenols is 1. The molecule has 0 bridgehead atoms. The number of thiazole rings is 1. The standard InChI is InChI=1S/C16H13N3OS.BrH/c20-15-9-5-4-8-13(15)10-17-19-16-18-14(11-21-16)12-6-2-1-3-7-12;/h1-11,20H,(H,18,19);1H. The summed E-state index contributed by atoms with van der Waals surface area (Å²) in [5, 5.41) is 16.4. The first-order chi connectivity index (χ1) is 10.3. The van der Waals surface area contributed by atoms with Crippen molar-refractivity contribution < 1.29 is 5.11 Å². The zero-order valence-corrected chi connectivity index (χ0v) is 14.0. The molecule has 1 heterocycles. The highest BCUT2D eigenvalue weighted by atomic mass is 79.9. The van der Waals surface area contributed by atoms with Gasteiger partial charge in [-0.1, -0.05) is 42.5 Å². The number of hydrogen-bond acceptors (Lipinski definition) is 5. The minimum atomic E-state index is 0. The monoisotopic (exact) mass is 375 g/mol. The number of aromatic nitrogens is 1. The summed E-state index contributed by atoms with van der Waals surface area (Å²) in [6, 6.07) is 17.0. The summed E-state index contributed by atoms with van der Waals surface area (Å²) in [7, 11) is 0. The first-order valence-corrected chi connectivity index (χ1v) is 7.29. The molecule has 2 N–H and O–H groups in total. The fourth-order valence-corrected chi connectivity index (χ4v) is 2.49. The first kappa shape index (κ1) is 16.2. The van der Waals surface area contributed by atoms with Gasteiger partial charge in [0.05, 0.1) is 11.9 Å². The summed E-state index contributed by atoms with van der Waals surface area (Å²) in [4.78, 5) is 4.47. The summed E-state index contributed by atoms with van der Waals surface area (Å²) >= 11 is 1.49. The van der Waals surface area contributed by atoms with Gasteiger partial charge < -0.3 is 5.11 Å². The van der Waals surface area contributed by atoms with E-state index in [1.807, 2.05) is 41.8 Å². The maximum absolute atomic E-state index is 9.63. The van der Waals surface area contributed by atoms with E-state index in [0.29, 0.717) is 10.7 Å². The molecule has 0 aliphatic heterocycles. The van der Waals surface area contributed by atoms with Crippen LogP contribution in [0.4, 0.5) is 5.13 Å². The van der Waals surface area contributed by atoms with Gasteiger partial charge in [0.25, 0.3) is 0 Å². The summed E-state index contributed by atoms with van der Waals surface area (Å²) in [5.41, 5.74) is 5.53. The van der Waals surface area contributed by atoms with Crippen molar-refractivity contribution >= 4 is 39.7 Å². The molecule has 6 heteroatoms. The molecular weight excluding hydrogens is 362 g/mol. The summed E-state index contributed by atoms with van der Waals surface area (Å²) in [6.07, 6.45) is 1.57. The second-order valence-electron chi connectivity index (χ2n) is 4.33. The van der Waals surface area contributed by atoms with Crippen molar-refractivity contribution in [2.45, 2.75) is 0 Å². The summed E-state index contributed by atoms with van der Waals surface area (Å²) in [5.74, 6) is 0.201. The molecule has 112 valence electrons. The van der Waals surface area contributed by atoms with Gasteiger partial charge in [0.1, 0.15) is 5.75 Å². The Morgan fingerprint density at radius 3 is 2.55 bits per heavy atom. The molecule has 1 aromatic heterocycles. The minimum Gasteiger partial charge on any atom is -0.507 e. The molecule has 0 fully saturated rings. The maximum Gasteiger partial charge on any atom is 0.203 e. The zero-order valence-electron chi connectivity index (χ0n) is 11.5. The summed E-state index contributed by atoms with van der Waals surface area (Å²) < 4.78 is 0. The van der Waals surface area contributed by atoms with Gasteiger partial charge in [0, 0.05) is 16.5 Å². The number of hydrogen-bond donors (Lipinski definition) is 2. The Morgan fingerprint density at radius 1 is 1.05 bits per heavy atom. The van der Waals surface area contributed by atoms with Gasteiger partial charge in [0.2, 0.25) is 5.13 Å². The van der Waals surface area contributed by atoms with Crippen LogP contribution in [0.1, 0.15) is 5.56 Å². The third-order valence-electron chi connectivity index (χ3n) is 2.87. The Labute approximate surface area is 142 Å². The molecule has 0 aliphatic carbocycles. The number of para-hydroxylation sites is 1. The average Bonchev–Trinajstić information content (AvgIpc) is 2.99. The van der Waals surface area contributed by atoms with Crippen molar-refractivity contribution in [3.05, 3.63) is 65.5 Å². The lowest BCUT2D eigenvalue weighted by Gasteiger charge is -1.97. The third kappa shape index (κ3) is 3.93. The Bertz CT molecular complexity index is 759. The Kier molecular flexibility index (Phi) is 5.68. The van der Waals surface area contributed by atoms with Crippen molar-refractivity contribution in [1.29, 1.82) is 0 Å². The molecule has 22 heavy (non-hydrogen) atoms. The molecule has 0 saturated heterocycles. The predicted molar refractivity (Wildman–Crippen MR) is 97.2 cm³/mol. The smallest absolute Gasteiger partial charge is 0.203 e. The van der Waals surface area contributed by atoms with Crippen molar-refractivity contribution in [1.82, 2.24) is 4.98 Å². The van der Waals surface area contributed by atoms with E-state index in [-0.39, 0.29) is 22.7 Å². The van der Waals surface area contributed by atoms with Crippen LogP contribution >= 0.6 is 28.3 Å². The molecule has 0 radical (unpaired) electrons. The van der Waals surface area contributed by atoms with Gasteiger partial charge in [-0.15, -0.1) is 28.3 Å². The average molecular weight is 376 g/mol. The molecule has 3 aromatic rings. The van der Waals surface area contributed by atoms with Gasteiger partial charge in [-0.2, -0.15) is 5.10 Å². The van der Waals surface area contributed by atoms with Crippen LogP contribution < -0.4 is 5.43 Å². The van der Waals surface area contributed by atoms with E-state index < -0.39 is 0 Å². The fourth-order valence-electron chi connectivity index (χ4n) is 1.82. The van der Waals surface area contributed by atoms with E-state index in [9.17, 15) is 5.11 Å². The van der Waals surface area contributed by atoms with Crippen LogP contribution in [0.25, 0.3) is 11.3 Å². The third-order valence-corrected chi connectivity index (χ3v) is 3.62. The maximum atomic E-state index is 9.63. The highest BCUT2D eigenvalue weighted by Crippen LogP contribution is 2.24. The van der Waals surface area contributed by atoms with Crippen LogP contribution in [-0.4, -0.2) is 16.3 Å². The number of nitrogens with one attached hydrogen (secondary N) is 1. The number of hydrazone groups is 1. The second kappa shape index (κ2) is 7.72. The number of aromatic hydroxyl groups is 1. The lowest BCUT2D eigenvalue weighted by atomic mass is 10.2. The van der Waals surface area contributed by atoms with Crippen molar-refractivity contribution in [3.63, 3.8) is 0 Å². The van der Waals surface area contributed by atoms with E-state index in [0.717, 1.165) is 11.3 Å². The molecule has 4 nitrogen and oxygen atoms in total. The highest BCUT2D eigenvalue weighted by molar-refractivity contribution is 8.93. The number of benzene rings is 2. The van der Waals surface area contributed by atoms with E-state index >= 15 is 0 Å². The Hall–Kier alpha value is -2.18. The van der Waals surface area contributed by atoms with Gasteiger partial charge >= 0.3 is 0 Å². The molecule has 0 aliphatic rings. The molecule has 0 saturated carbocycles. The number of nitrogens with zero attached hydrogens (tertiary/aromatic N) is 2. The molecule has 3 rings (SSSR count). The van der Waals surface area contributed by atoms with Gasteiger partial charge in [-0.3, -0.25) is 5.43 Å². The number of halogens is 1. The lowest BCUT2D eigenvalue weighted by molar-refractivity contribution is 0.474. The normalized spacial score (nSPS) is 10.4. The quantitative estimate of drug-likeness (QED) is 0.519. The molecule has 0 amide bonds. The Balaban J connectivity index is 0.00000176. The number of anilines is 1. The molecule has 0 unspecified atom stereocenters. The van der Waals surface area contributed by atoms with Crippen LogP contribution in [0.5, 0.6) is 5.75 Å². The van der Waals surface area contributed by atoms with E-state index in [2.05, 4.69) is 15.5 Å². The first-order valence-electron chi connectivity index (χ1n) is 6.41. The number of phenolic OH excluding ortho intramolecular Hbond substituents is 1. The van der Waals surface area contributed by atoms with E-state index in [1.54, 1.807) is 24.4 Å². The van der Waals surface area contributed by atoms with E-state index in [1.165, 1.54) is 11.3 Å². The van der Waals surface area contributed by atoms with Crippen LogP contribution in [0.2, 0.25) is 0 Å². The van der Waals surface area contributed by atoms with Crippen molar-refractivity contribution in [2.75, 3.05) is 5.43 Å². The molecule has 0 atom stereocenters. The zero-order chi connectivity index (χ0) is 14.5. The Morgan fingerprint density at radius 2 is 1.77 bits per heavy atom. The van der Waals surface area contributed by atoms with Crippen LogP contribution in [0.3, 0.4) is 0 Å². The minimum absolute atomic E-state index is 0. The van der Waals surface area contributed by atoms with Gasteiger partial charge in [0.15, 0.2) is 0 Å². The number of rotatable bonds is 4. The van der Waals surface area contributed by atoms with E-state index in [4.69, 9.17) is 0 Å². The largest absolute Gasteiger partial charge is 0.507 e.